The standard InChI is InChI=1S/C28H28N10/c1-35-23-11-9-19(33-27(23)37(3)21-7-5-13-31-25(21)35)17-29-15-16-30-18-20-10-12-24-28(34-20)38(4)22-8-6-14-32-26(22)36(24)2/h5-14,17-18H,15-16H2,1-4H3. The third-order valence-corrected chi connectivity index (χ3v) is 6.81. The van der Waals surface area contributed by atoms with Crippen LogP contribution < -0.4 is 19.6 Å². The largest absolute Gasteiger partial charge is 0.325 e. The number of nitrogens with zero attached hydrogens (tertiary/aromatic N) is 10. The Balaban J connectivity index is 1.10. The Bertz CT molecular complexity index is 1450. The van der Waals surface area contributed by atoms with Crippen molar-refractivity contribution in [1.82, 2.24) is 19.9 Å². The lowest BCUT2D eigenvalue weighted by Crippen LogP contribution is -2.26. The molecule has 38 heavy (non-hydrogen) atoms. The summed E-state index contributed by atoms with van der Waals surface area (Å²) in [5.41, 5.74) is 5.67. The van der Waals surface area contributed by atoms with E-state index in [2.05, 4.69) is 51.7 Å². The molecule has 0 N–H and O–H groups in total. The van der Waals surface area contributed by atoms with Gasteiger partial charge in [0, 0.05) is 53.0 Å². The summed E-state index contributed by atoms with van der Waals surface area (Å²) in [6.45, 7) is 1.12. The van der Waals surface area contributed by atoms with Gasteiger partial charge in [0.1, 0.15) is 0 Å². The van der Waals surface area contributed by atoms with Gasteiger partial charge in [-0.05, 0) is 48.5 Å². The molecule has 6 rings (SSSR count). The first-order chi connectivity index (χ1) is 18.5. The van der Waals surface area contributed by atoms with Crippen LogP contribution in [-0.4, -0.2) is 73.6 Å². The predicted molar refractivity (Wildman–Crippen MR) is 154 cm³/mol. The Kier molecular flexibility index (Phi) is 5.91. The fourth-order valence-corrected chi connectivity index (χ4v) is 4.78. The topological polar surface area (TPSA) is 89.2 Å². The SMILES string of the molecule is CN1c2ccc(C=NCCN=Cc3ccc4c(n3)N(C)c3cccnc3N4C)nc2N(C)c2cccnc21. The van der Waals surface area contributed by atoms with E-state index in [0.29, 0.717) is 13.1 Å². The molecule has 0 radical (unpaired) electrons. The third-order valence-electron chi connectivity index (χ3n) is 6.81. The van der Waals surface area contributed by atoms with Gasteiger partial charge in [-0.1, -0.05) is 0 Å². The van der Waals surface area contributed by atoms with Crippen LogP contribution in [0.1, 0.15) is 11.4 Å². The highest BCUT2D eigenvalue weighted by Crippen LogP contribution is 2.44. The first-order valence-electron chi connectivity index (χ1n) is 12.4. The normalized spacial score (nSPS) is 14.1. The van der Waals surface area contributed by atoms with E-state index in [9.17, 15) is 0 Å². The van der Waals surface area contributed by atoms with Gasteiger partial charge in [0.15, 0.2) is 23.3 Å². The third kappa shape index (κ3) is 4.00. The molecule has 0 spiro atoms. The second-order valence-electron chi connectivity index (χ2n) is 9.16. The summed E-state index contributed by atoms with van der Waals surface area (Å²) in [6, 6.07) is 16.0. The van der Waals surface area contributed by atoms with Gasteiger partial charge in [0.2, 0.25) is 0 Å². The molecule has 0 aliphatic carbocycles. The molecule has 2 aliphatic heterocycles. The quantitative estimate of drug-likeness (QED) is 0.290. The molecular formula is C28H28N10. The van der Waals surface area contributed by atoms with Crippen molar-refractivity contribution in [2.45, 2.75) is 0 Å². The molecule has 190 valence electrons. The number of pyridine rings is 4. The van der Waals surface area contributed by atoms with Crippen molar-refractivity contribution in [3.63, 3.8) is 0 Å². The monoisotopic (exact) mass is 504 g/mol. The molecule has 0 fully saturated rings. The van der Waals surface area contributed by atoms with Gasteiger partial charge >= 0.3 is 0 Å². The molecule has 0 atom stereocenters. The Hall–Kier alpha value is -4.86. The summed E-state index contributed by atoms with van der Waals surface area (Å²) in [5.74, 6) is 3.58. The maximum absolute atomic E-state index is 4.82. The molecule has 0 unspecified atom stereocenters. The second-order valence-corrected chi connectivity index (χ2v) is 9.16. The fourth-order valence-electron chi connectivity index (χ4n) is 4.78. The minimum Gasteiger partial charge on any atom is -0.325 e. The Morgan fingerprint density at radius 2 is 0.947 bits per heavy atom. The minimum atomic E-state index is 0.560. The summed E-state index contributed by atoms with van der Waals surface area (Å²) in [7, 11) is 8.04. The maximum atomic E-state index is 4.82. The lowest BCUT2D eigenvalue weighted by molar-refractivity contribution is 0.978. The zero-order valence-electron chi connectivity index (χ0n) is 21.8. The van der Waals surface area contributed by atoms with E-state index in [1.54, 1.807) is 24.8 Å². The smallest absolute Gasteiger partial charge is 0.157 e. The Morgan fingerprint density at radius 1 is 0.553 bits per heavy atom. The van der Waals surface area contributed by atoms with Crippen molar-refractivity contribution in [2.75, 3.05) is 60.9 Å². The highest BCUT2D eigenvalue weighted by molar-refractivity contribution is 5.92. The number of hydrogen-bond acceptors (Lipinski definition) is 10. The van der Waals surface area contributed by atoms with Gasteiger partial charge in [0.05, 0.1) is 47.2 Å². The van der Waals surface area contributed by atoms with Crippen molar-refractivity contribution >= 4 is 58.5 Å². The van der Waals surface area contributed by atoms with Crippen LogP contribution in [0.2, 0.25) is 0 Å². The average molecular weight is 505 g/mol. The molecule has 2 aliphatic rings. The first kappa shape index (κ1) is 23.5. The molecule has 0 bridgehead atoms. The van der Waals surface area contributed by atoms with Crippen LogP contribution in [0.4, 0.5) is 46.0 Å². The second kappa shape index (κ2) is 9.55. The number of aromatic nitrogens is 4. The van der Waals surface area contributed by atoms with Crippen LogP contribution in [-0.2, 0) is 0 Å². The van der Waals surface area contributed by atoms with E-state index in [4.69, 9.17) is 9.97 Å². The molecule has 0 amide bonds. The van der Waals surface area contributed by atoms with Gasteiger partial charge in [0.25, 0.3) is 0 Å². The van der Waals surface area contributed by atoms with Crippen LogP contribution in [0.5, 0.6) is 0 Å². The van der Waals surface area contributed by atoms with E-state index < -0.39 is 0 Å². The van der Waals surface area contributed by atoms with Gasteiger partial charge < -0.3 is 19.6 Å². The lowest BCUT2D eigenvalue weighted by atomic mass is 10.2. The van der Waals surface area contributed by atoms with Crippen molar-refractivity contribution in [3.05, 3.63) is 72.3 Å². The number of rotatable bonds is 5. The van der Waals surface area contributed by atoms with Crippen LogP contribution in [0, 0.1) is 0 Å². The molecule has 6 heterocycles. The maximum Gasteiger partial charge on any atom is 0.157 e. The summed E-state index contributed by atoms with van der Waals surface area (Å²) in [5, 5.41) is 0. The van der Waals surface area contributed by atoms with Gasteiger partial charge in [-0.2, -0.15) is 0 Å². The number of anilines is 8. The first-order valence-corrected chi connectivity index (χ1v) is 12.4. The van der Waals surface area contributed by atoms with E-state index in [0.717, 1.165) is 57.4 Å². The number of aliphatic imine (C=N–C) groups is 2. The van der Waals surface area contributed by atoms with Crippen molar-refractivity contribution in [1.29, 1.82) is 0 Å². The fraction of sp³-hybridized carbons (Fsp3) is 0.214. The van der Waals surface area contributed by atoms with Gasteiger partial charge in [-0.15, -0.1) is 0 Å². The minimum absolute atomic E-state index is 0.560. The molecule has 10 nitrogen and oxygen atoms in total. The van der Waals surface area contributed by atoms with Crippen LogP contribution in [0.15, 0.2) is 70.9 Å². The lowest BCUT2D eigenvalue weighted by Gasteiger charge is -2.34. The Labute approximate surface area is 221 Å². The van der Waals surface area contributed by atoms with Crippen molar-refractivity contribution in [2.24, 2.45) is 9.98 Å². The van der Waals surface area contributed by atoms with Gasteiger partial charge in [-0.3, -0.25) is 9.98 Å². The summed E-state index contributed by atoms with van der Waals surface area (Å²) in [4.78, 5) is 36.0. The zero-order chi connectivity index (χ0) is 26.2. The molecule has 4 aromatic rings. The predicted octanol–water partition coefficient (Wildman–Crippen LogP) is 4.50. The summed E-state index contributed by atoms with van der Waals surface area (Å²) >= 11 is 0. The number of hydrogen-bond donors (Lipinski definition) is 0. The molecule has 0 saturated carbocycles. The van der Waals surface area contributed by atoms with E-state index in [-0.39, 0.29) is 0 Å². The number of fused-ring (bicyclic) bond motifs is 4. The molecule has 0 saturated heterocycles. The van der Waals surface area contributed by atoms with Crippen molar-refractivity contribution < 1.29 is 0 Å². The van der Waals surface area contributed by atoms with E-state index in [1.165, 1.54) is 0 Å². The van der Waals surface area contributed by atoms with E-state index >= 15 is 0 Å². The van der Waals surface area contributed by atoms with E-state index in [1.807, 2.05) is 64.6 Å². The van der Waals surface area contributed by atoms with Crippen LogP contribution >= 0.6 is 0 Å². The van der Waals surface area contributed by atoms with Gasteiger partial charge in [-0.25, -0.2) is 19.9 Å². The van der Waals surface area contributed by atoms with Crippen LogP contribution in [0.3, 0.4) is 0 Å². The highest BCUT2D eigenvalue weighted by Gasteiger charge is 2.27. The average Bonchev–Trinajstić information content (AvgIpc) is 2.96. The summed E-state index contributed by atoms with van der Waals surface area (Å²) in [6.07, 6.45) is 7.22. The molecule has 0 aromatic carbocycles. The van der Waals surface area contributed by atoms with Crippen LogP contribution in [0.25, 0.3) is 0 Å². The van der Waals surface area contributed by atoms with Crippen molar-refractivity contribution in [3.8, 4) is 0 Å². The molecule has 4 aromatic heterocycles. The molecule has 10 heteroatoms. The molecular weight excluding hydrogens is 476 g/mol. The Morgan fingerprint density at radius 3 is 1.39 bits per heavy atom. The zero-order valence-corrected chi connectivity index (χ0v) is 21.8. The summed E-state index contributed by atoms with van der Waals surface area (Å²) < 4.78 is 0. The highest BCUT2D eigenvalue weighted by atomic mass is 15.3.